The van der Waals surface area contributed by atoms with Crippen molar-refractivity contribution in [3.8, 4) is 11.5 Å². The zero-order valence-corrected chi connectivity index (χ0v) is 14.0. The Morgan fingerprint density at radius 3 is 2.91 bits per heavy atom. The van der Waals surface area contributed by atoms with Crippen molar-refractivity contribution in [2.75, 3.05) is 27.7 Å². The summed E-state index contributed by atoms with van der Waals surface area (Å²) in [6.45, 7) is 1.12. The third-order valence-electron chi connectivity index (χ3n) is 6.91. The van der Waals surface area contributed by atoms with Crippen LogP contribution < -0.4 is 9.47 Å². The average Bonchev–Trinajstić information content (AvgIpc) is 2.88. The molecule has 2 aliphatic carbocycles. The number of hydrogen-bond donors (Lipinski definition) is 1. The van der Waals surface area contributed by atoms with Crippen LogP contribution in [0.15, 0.2) is 24.3 Å². The molecule has 5 rings (SSSR count). The Labute approximate surface area is 136 Å². The first-order valence-electron chi connectivity index (χ1n) is 8.55. The number of aliphatic hydroxyl groups is 1. The molecule has 0 aromatic heterocycles. The number of piperidine rings is 1. The Morgan fingerprint density at radius 2 is 2.13 bits per heavy atom. The van der Waals surface area contributed by atoms with Crippen molar-refractivity contribution in [3.05, 3.63) is 35.4 Å². The molecule has 0 radical (unpaired) electrons. The lowest BCUT2D eigenvalue weighted by Crippen LogP contribution is -2.70. The Balaban J connectivity index is 1.82. The summed E-state index contributed by atoms with van der Waals surface area (Å²) >= 11 is 0. The number of quaternary nitrogens is 1. The Hall–Kier alpha value is -1.52. The van der Waals surface area contributed by atoms with Crippen molar-refractivity contribution in [1.29, 1.82) is 0 Å². The van der Waals surface area contributed by atoms with Gasteiger partial charge in [0, 0.05) is 24.3 Å². The predicted molar refractivity (Wildman–Crippen MR) is 86.8 cm³/mol. The number of likely N-dealkylation sites (tertiary alicyclic amines) is 1. The van der Waals surface area contributed by atoms with Gasteiger partial charge in [-0.25, -0.2) is 0 Å². The highest BCUT2D eigenvalue weighted by Crippen LogP contribution is 2.63. The second-order valence-electron chi connectivity index (χ2n) is 8.13. The van der Waals surface area contributed by atoms with Gasteiger partial charge in [-0.1, -0.05) is 18.2 Å². The lowest BCUT2D eigenvalue weighted by atomic mass is 9.53. The third kappa shape index (κ3) is 1.45. The fraction of sp³-hybridized carbons (Fsp3) is 0.579. The van der Waals surface area contributed by atoms with E-state index in [9.17, 15) is 5.11 Å². The molecule has 2 bridgehead atoms. The smallest absolute Gasteiger partial charge is 0.165 e. The summed E-state index contributed by atoms with van der Waals surface area (Å²) in [6, 6.07) is 4.79. The van der Waals surface area contributed by atoms with Crippen LogP contribution in [0.25, 0.3) is 0 Å². The molecule has 122 valence electrons. The monoisotopic (exact) mass is 314 g/mol. The van der Waals surface area contributed by atoms with E-state index in [1.165, 1.54) is 11.1 Å². The average molecular weight is 314 g/mol. The maximum absolute atomic E-state index is 10.6. The summed E-state index contributed by atoms with van der Waals surface area (Å²) in [5.74, 6) is 2.12. The van der Waals surface area contributed by atoms with E-state index in [-0.39, 0.29) is 11.5 Å². The second-order valence-corrected chi connectivity index (χ2v) is 8.13. The summed E-state index contributed by atoms with van der Waals surface area (Å²) < 4.78 is 12.9. The first-order valence-corrected chi connectivity index (χ1v) is 8.55. The van der Waals surface area contributed by atoms with Crippen molar-refractivity contribution >= 4 is 0 Å². The highest BCUT2D eigenvalue weighted by Gasteiger charge is 2.67. The van der Waals surface area contributed by atoms with Gasteiger partial charge in [0.05, 0.1) is 33.2 Å². The van der Waals surface area contributed by atoms with Gasteiger partial charge in [-0.05, 0) is 11.6 Å². The minimum atomic E-state index is -0.538. The number of methoxy groups -OCH3 is 1. The summed E-state index contributed by atoms with van der Waals surface area (Å²) in [5.41, 5.74) is 2.63. The number of aliphatic hydroxyl groups excluding tert-OH is 1. The van der Waals surface area contributed by atoms with Crippen LogP contribution in [-0.2, 0) is 11.8 Å². The zero-order chi connectivity index (χ0) is 16.0. The number of likely N-dealkylation sites (N-methyl/N-ethyl adjacent to an activating group) is 1. The topological polar surface area (TPSA) is 38.7 Å². The predicted octanol–water partition coefficient (Wildman–Crippen LogP) is 1.65. The maximum Gasteiger partial charge on any atom is 0.165 e. The minimum absolute atomic E-state index is 0.0793. The van der Waals surface area contributed by atoms with E-state index in [2.05, 4.69) is 26.2 Å². The van der Waals surface area contributed by atoms with E-state index in [0.717, 1.165) is 35.4 Å². The fourth-order valence-electron chi connectivity index (χ4n) is 5.75. The number of ether oxygens (including phenoxy) is 2. The third-order valence-corrected chi connectivity index (χ3v) is 6.91. The normalized spacial score (nSPS) is 41.2. The van der Waals surface area contributed by atoms with Crippen molar-refractivity contribution < 1.29 is 19.1 Å². The highest BCUT2D eigenvalue weighted by atomic mass is 16.5. The fourth-order valence-corrected chi connectivity index (χ4v) is 5.75. The summed E-state index contributed by atoms with van der Waals surface area (Å²) in [5, 5.41) is 10.6. The second kappa shape index (κ2) is 4.11. The SMILES string of the molecule is COc1ccc2c3c1O[C@H]1[C@H](O)C=C[C@@H]4[C@H](C2)[N+](C)(C)CC[C@@]341. The molecule has 2 aliphatic heterocycles. The van der Waals surface area contributed by atoms with Gasteiger partial charge in [0.2, 0.25) is 0 Å². The van der Waals surface area contributed by atoms with Gasteiger partial charge in [-0.15, -0.1) is 0 Å². The number of hydrogen-bond acceptors (Lipinski definition) is 3. The Bertz CT molecular complexity index is 726. The standard InChI is InChI=1S/C19H24NO3/c1-20(2)9-8-19-12-5-6-14(21)18(19)23-17-15(22-3)7-4-11(16(17)19)10-13(12)20/h4-7,12-14,18,21H,8-10H2,1-3H3/q+1/t12-,13+,14-,18+,19+/m1/s1. The molecule has 4 nitrogen and oxygen atoms in total. The molecule has 4 aliphatic rings. The maximum atomic E-state index is 10.6. The van der Waals surface area contributed by atoms with Gasteiger partial charge in [0.15, 0.2) is 11.5 Å². The van der Waals surface area contributed by atoms with Crippen LogP contribution in [0.4, 0.5) is 0 Å². The molecule has 23 heavy (non-hydrogen) atoms. The van der Waals surface area contributed by atoms with E-state index in [1.807, 2.05) is 12.1 Å². The van der Waals surface area contributed by atoms with E-state index in [0.29, 0.717) is 12.0 Å². The number of rotatable bonds is 1. The molecule has 0 amide bonds. The van der Waals surface area contributed by atoms with Gasteiger partial charge in [0.25, 0.3) is 0 Å². The molecule has 5 atom stereocenters. The van der Waals surface area contributed by atoms with Crippen LogP contribution in [0.2, 0.25) is 0 Å². The molecule has 0 unspecified atom stereocenters. The molecule has 1 fully saturated rings. The van der Waals surface area contributed by atoms with E-state index < -0.39 is 6.10 Å². The van der Waals surface area contributed by atoms with Crippen molar-refractivity contribution in [1.82, 2.24) is 0 Å². The molecule has 2 heterocycles. The van der Waals surface area contributed by atoms with E-state index in [4.69, 9.17) is 9.47 Å². The van der Waals surface area contributed by atoms with Crippen LogP contribution in [0.1, 0.15) is 17.5 Å². The summed E-state index contributed by atoms with van der Waals surface area (Å²) in [4.78, 5) is 0. The van der Waals surface area contributed by atoms with Crippen LogP contribution in [0, 0.1) is 5.92 Å². The molecule has 1 aromatic rings. The molecule has 1 saturated heterocycles. The minimum Gasteiger partial charge on any atom is -0.493 e. The first-order chi connectivity index (χ1) is 11.0. The molecule has 0 saturated carbocycles. The highest BCUT2D eigenvalue weighted by molar-refractivity contribution is 5.61. The summed E-state index contributed by atoms with van der Waals surface area (Å²) in [7, 11) is 6.38. The zero-order valence-electron chi connectivity index (χ0n) is 14.0. The lowest BCUT2D eigenvalue weighted by molar-refractivity contribution is -0.926. The van der Waals surface area contributed by atoms with Gasteiger partial charge in [-0.3, -0.25) is 0 Å². The van der Waals surface area contributed by atoms with Crippen molar-refractivity contribution in [2.45, 2.75) is 36.5 Å². The lowest BCUT2D eigenvalue weighted by Gasteiger charge is -2.58. The molecule has 1 spiro atoms. The van der Waals surface area contributed by atoms with E-state index >= 15 is 0 Å². The largest absolute Gasteiger partial charge is 0.493 e. The summed E-state index contributed by atoms with van der Waals surface area (Å²) in [6.07, 6.45) is 5.64. The van der Waals surface area contributed by atoms with Crippen LogP contribution in [0.3, 0.4) is 0 Å². The Morgan fingerprint density at radius 1 is 1.30 bits per heavy atom. The Kier molecular flexibility index (Phi) is 2.48. The number of benzene rings is 1. The van der Waals surface area contributed by atoms with Crippen LogP contribution >= 0.6 is 0 Å². The first kappa shape index (κ1) is 13.9. The van der Waals surface area contributed by atoms with Crippen molar-refractivity contribution in [2.24, 2.45) is 5.92 Å². The van der Waals surface area contributed by atoms with Gasteiger partial charge < -0.3 is 19.1 Å². The molecule has 4 heteroatoms. The van der Waals surface area contributed by atoms with Crippen LogP contribution in [-0.4, -0.2) is 55.6 Å². The molecule has 1 N–H and O–H groups in total. The van der Waals surface area contributed by atoms with E-state index in [1.54, 1.807) is 7.11 Å². The quantitative estimate of drug-likeness (QED) is 0.633. The van der Waals surface area contributed by atoms with Crippen LogP contribution in [0.5, 0.6) is 11.5 Å². The van der Waals surface area contributed by atoms with Gasteiger partial charge in [0.1, 0.15) is 18.2 Å². The van der Waals surface area contributed by atoms with Gasteiger partial charge in [-0.2, -0.15) is 0 Å². The molecular formula is C19H24NO3+. The van der Waals surface area contributed by atoms with Gasteiger partial charge >= 0.3 is 0 Å². The van der Waals surface area contributed by atoms with Crippen molar-refractivity contribution in [3.63, 3.8) is 0 Å². The molecule has 1 aromatic carbocycles. The molecular weight excluding hydrogens is 290 g/mol. The number of nitrogens with zero attached hydrogens (tertiary/aromatic N) is 1.